The number of amides is 5. The third-order valence-corrected chi connectivity index (χ3v) is 7.03. The second-order valence-corrected chi connectivity index (χ2v) is 8.52. The summed E-state index contributed by atoms with van der Waals surface area (Å²) in [5.41, 5.74) is 0. The van der Waals surface area contributed by atoms with Gasteiger partial charge in [0.1, 0.15) is 19.8 Å². The van der Waals surface area contributed by atoms with Crippen molar-refractivity contribution in [3.63, 3.8) is 0 Å². The van der Waals surface area contributed by atoms with E-state index in [0.717, 1.165) is 11.3 Å². The van der Waals surface area contributed by atoms with Gasteiger partial charge in [-0.15, -0.1) is 0 Å². The van der Waals surface area contributed by atoms with Crippen LogP contribution in [0.5, 0.6) is 0 Å². The first-order valence-corrected chi connectivity index (χ1v) is 10.2. The van der Waals surface area contributed by atoms with Gasteiger partial charge in [-0.2, -0.15) is 0 Å². The molecule has 9 heteroatoms. The van der Waals surface area contributed by atoms with E-state index in [1.165, 1.54) is 4.90 Å². The molecule has 0 aromatic carbocycles. The summed E-state index contributed by atoms with van der Waals surface area (Å²) in [6, 6.07) is -0.237. The second-order valence-electron chi connectivity index (χ2n) is 8.52. The average molecular weight is 401 g/mol. The van der Waals surface area contributed by atoms with Crippen molar-refractivity contribution < 1.29 is 28.7 Å². The minimum atomic E-state index is -0.339. The van der Waals surface area contributed by atoms with Crippen LogP contribution in [0.3, 0.4) is 0 Å². The second kappa shape index (κ2) is 6.76. The van der Waals surface area contributed by atoms with E-state index in [-0.39, 0.29) is 79.0 Å². The molecular weight excluding hydrogens is 378 g/mol. The molecule has 154 valence electrons. The monoisotopic (exact) mass is 401 g/mol. The fourth-order valence-corrected chi connectivity index (χ4v) is 5.64. The first kappa shape index (κ1) is 18.5. The number of piperidine rings is 1. The summed E-state index contributed by atoms with van der Waals surface area (Å²) in [5, 5.41) is 0. The highest BCUT2D eigenvalue weighted by atomic mass is 16.5. The molecule has 3 aliphatic heterocycles. The number of likely N-dealkylation sites (tertiary alicyclic amines) is 2. The molecule has 1 saturated carbocycles. The molecule has 3 saturated heterocycles. The predicted molar refractivity (Wildman–Crippen MR) is 96.7 cm³/mol. The van der Waals surface area contributed by atoms with Crippen molar-refractivity contribution in [2.75, 3.05) is 32.8 Å². The van der Waals surface area contributed by atoms with Crippen LogP contribution >= 0.6 is 0 Å². The van der Waals surface area contributed by atoms with Gasteiger partial charge in [-0.1, -0.05) is 12.2 Å². The molecule has 2 bridgehead atoms. The molecule has 2 aliphatic carbocycles. The van der Waals surface area contributed by atoms with Crippen molar-refractivity contribution in [3.8, 4) is 0 Å². The lowest BCUT2D eigenvalue weighted by Crippen LogP contribution is -2.56. The van der Waals surface area contributed by atoms with Gasteiger partial charge in [0.15, 0.2) is 0 Å². The number of hydrogen-bond donors (Lipinski definition) is 0. The summed E-state index contributed by atoms with van der Waals surface area (Å²) < 4.78 is 4.94. The highest BCUT2D eigenvalue weighted by molar-refractivity contribution is 6.08. The minimum absolute atomic E-state index is 0.0940. The highest BCUT2D eigenvalue weighted by Crippen LogP contribution is 2.52. The summed E-state index contributed by atoms with van der Waals surface area (Å²) in [5.74, 6) is -1.71. The Morgan fingerprint density at radius 3 is 2.03 bits per heavy atom. The van der Waals surface area contributed by atoms with Crippen LogP contribution in [0.25, 0.3) is 0 Å². The van der Waals surface area contributed by atoms with Gasteiger partial charge in [0.2, 0.25) is 17.7 Å². The van der Waals surface area contributed by atoms with Crippen LogP contribution in [0.4, 0.5) is 0 Å². The van der Waals surface area contributed by atoms with Gasteiger partial charge in [-0.05, 0) is 31.1 Å². The van der Waals surface area contributed by atoms with E-state index in [1.54, 1.807) is 4.90 Å². The lowest BCUT2D eigenvalue weighted by atomic mass is 9.85. The molecule has 5 aliphatic rings. The number of ether oxygens (including phenoxy) is 1. The van der Waals surface area contributed by atoms with Crippen molar-refractivity contribution in [3.05, 3.63) is 12.2 Å². The zero-order chi connectivity index (χ0) is 20.3. The molecule has 9 nitrogen and oxygen atoms in total. The van der Waals surface area contributed by atoms with Crippen molar-refractivity contribution >= 4 is 29.5 Å². The molecule has 4 atom stereocenters. The van der Waals surface area contributed by atoms with E-state index < -0.39 is 0 Å². The molecule has 3 heterocycles. The smallest absolute Gasteiger partial charge is 0.255 e. The van der Waals surface area contributed by atoms with Crippen LogP contribution in [0, 0.1) is 23.7 Å². The van der Waals surface area contributed by atoms with Gasteiger partial charge >= 0.3 is 0 Å². The molecule has 0 radical (unpaired) electrons. The quantitative estimate of drug-likeness (QED) is 0.452. The molecule has 5 rings (SSSR count). The Balaban J connectivity index is 1.19. The summed E-state index contributed by atoms with van der Waals surface area (Å²) in [4.78, 5) is 66.2. The maximum Gasteiger partial charge on any atom is 0.255 e. The topological polar surface area (TPSA) is 104 Å². The van der Waals surface area contributed by atoms with Crippen LogP contribution in [0.1, 0.15) is 19.3 Å². The van der Waals surface area contributed by atoms with Gasteiger partial charge in [-0.3, -0.25) is 33.8 Å². The largest absolute Gasteiger partial charge is 0.362 e. The predicted octanol–water partition coefficient (Wildman–Crippen LogP) is -0.830. The van der Waals surface area contributed by atoms with Crippen LogP contribution in [0.2, 0.25) is 0 Å². The lowest BCUT2D eigenvalue weighted by molar-refractivity contribution is -0.163. The van der Waals surface area contributed by atoms with E-state index in [2.05, 4.69) is 0 Å². The van der Waals surface area contributed by atoms with Gasteiger partial charge in [-0.25, -0.2) is 0 Å². The third-order valence-electron chi connectivity index (χ3n) is 7.03. The Morgan fingerprint density at radius 2 is 1.48 bits per heavy atom. The number of hydrogen-bond acceptors (Lipinski definition) is 6. The summed E-state index contributed by atoms with van der Waals surface area (Å²) in [6.45, 7) is 0.366. The van der Waals surface area contributed by atoms with Crippen molar-refractivity contribution in [1.29, 1.82) is 0 Å². The summed E-state index contributed by atoms with van der Waals surface area (Å²) in [7, 11) is 0. The number of nitrogens with zero attached hydrogens (tertiary/aromatic N) is 3. The Morgan fingerprint density at radius 1 is 0.931 bits per heavy atom. The molecule has 29 heavy (non-hydrogen) atoms. The fraction of sp³-hybridized carbons (Fsp3) is 0.650. The van der Waals surface area contributed by atoms with Crippen LogP contribution < -0.4 is 0 Å². The number of carbonyl (C=O) groups is 5. The van der Waals surface area contributed by atoms with Gasteiger partial charge in [0, 0.05) is 19.1 Å². The van der Waals surface area contributed by atoms with E-state index in [1.807, 2.05) is 12.2 Å². The zero-order valence-corrected chi connectivity index (χ0v) is 16.0. The van der Waals surface area contributed by atoms with Crippen molar-refractivity contribution in [2.45, 2.75) is 25.3 Å². The molecule has 0 N–H and O–H groups in total. The first-order valence-electron chi connectivity index (χ1n) is 10.2. The van der Waals surface area contributed by atoms with E-state index in [9.17, 15) is 24.0 Å². The highest BCUT2D eigenvalue weighted by Gasteiger charge is 2.59. The molecule has 0 aromatic rings. The Hall–Kier alpha value is -2.55. The Kier molecular flexibility index (Phi) is 4.31. The normalized spacial score (nSPS) is 34.6. The molecule has 5 amide bonds. The van der Waals surface area contributed by atoms with Gasteiger partial charge in [0.05, 0.1) is 11.8 Å². The molecule has 4 unspecified atom stereocenters. The number of allylic oxidation sites excluding steroid dienone is 2. The molecule has 0 spiro atoms. The zero-order valence-electron chi connectivity index (χ0n) is 16.0. The van der Waals surface area contributed by atoms with Crippen LogP contribution in [0.15, 0.2) is 12.2 Å². The van der Waals surface area contributed by atoms with Gasteiger partial charge in [0.25, 0.3) is 11.8 Å². The van der Waals surface area contributed by atoms with Crippen molar-refractivity contribution in [2.24, 2.45) is 23.7 Å². The average Bonchev–Trinajstić information content (AvgIpc) is 3.38. The SMILES string of the molecule is O=C(CN1C(=O)C2C3C=CC(C3)C2C1=O)N1CCC(N2C(=O)COCC2=O)CC1. The number of fused-ring (bicyclic) bond motifs is 5. The maximum atomic E-state index is 12.8. The van der Waals surface area contributed by atoms with Gasteiger partial charge < -0.3 is 9.64 Å². The summed E-state index contributed by atoms with van der Waals surface area (Å²) in [6.07, 6.45) is 5.90. The van der Waals surface area contributed by atoms with Crippen LogP contribution in [-0.2, 0) is 28.7 Å². The molecule has 0 aromatic heterocycles. The van der Waals surface area contributed by atoms with E-state index >= 15 is 0 Å². The number of morpholine rings is 1. The minimum Gasteiger partial charge on any atom is -0.362 e. The first-order chi connectivity index (χ1) is 14.0. The number of carbonyl (C=O) groups excluding carboxylic acids is 5. The number of rotatable bonds is 3. The molecular formula is C20H23N3O6. The Bertz CT molecular complexity index is 784. The van der Waals surface area contributed by atoms with E-state index in [4.69, 9.17) is 4.74 Å². The molecule has 4 fully saturated rings. The number of imide groups is 2. The standard InChI is InChI=1S/C20H23N3O6/c24-14(8-22-19(27)17-11-1-2-12(7-11)18(17)20(22)28)21-5-3-13(4-6-21)23-15(25)9-29-10-16(23)26/h1-2,11-13,17-18H,3-10H2. The van der Waals surface area contributed by atoms with Crippen molar-refractivity contribution in [1.82, 2.24) is 14.7 Å². The van der Waals surface area contributed by atoms with E-state index in [0.29, 0.717) is 25.9 Å². The third kappa shape index (κ3) is 2.82. The summed E-state index contributed by atoms with van der Waals surface area (Å²) >= 11 is 0. The fourth-order valence-electron chi connectivity index (χ4n) is 5.64. The Labute approximate surface area is 167 Å². The maximum absolute atomic E-state index is 12.8. The lowest BCUT2D eigenvalue weighted by Gasteiger charge is -2.39. The van der Waals surface area contributed by atoms with Crippen LogP contribution in [-0.4, -0.2) is 83.1 Å².